The van der Waals surface area contributed by atoms with E-state index in [1.54, 1.807) is 11.8 Å². The van der Waals surface area contributed by atoms with Crippen LogP contribution in [0.5, 0.6) is 0 Å². The Labute approximate surface area is 109 Å². The number of hydrogen-bond acceptors (Lipinski definition) is 5. The minimum Gasteiger partial charge on any atom is -0.372 e. The molecule has 1 aliphatic carbocycles. The van der Waals surface area contributed by atoms with Crippen LogP contribution in [0.2, 0.25) is 0 Å². The third kappa shape index (κ3) is 1.81. The first-order chi connectivity index (χ1) is 8.33. The smallest absolute Gasteiger partial charge is 0.190 e. The minimum atomic E-state index is 0.862. The number of thioether (sulfide) groups is 1. The Morgan fingerprint density at radius 3 is 2.82 bits per heavy atom. The third-order valence-corrected chi connectivity index (χ3v) is 4.95. The summed E-state index contributed by atoms with van der Waals surface area (Å²) in [5.74, 6) is 0.999. The first-order valence-electron chi connectivity index (χ1n) is 5.87. The molecule has 2 aromatic rings. The summed E-state index contributed by atoms with van der Waals surface area (Å²) >= 11 is 3.46. The van der Waals surface area contributed by atoms with E-state index in [1.165, 1.54) is 41.5 Å². The number of aromatic nitrogens is 2. The summed E-state index contributed by atoms with van der Waals surface area (Å²) in [7, 11) is 1.94. The number of nitrogens with zero attached hydrogens (tertiary/aromatic N) is 2. The summed E-state index contributed by atoms with van der Waals surface area (Å²) in [6.45, 7) is 0. The first kappa shape index (κ1) is 11.3. The van der Waals surface area contributed by atoms with Gasteiger partial charge in [-0.05, 0) is 37.5 Å². The van der Waals surface area contributed by atoms with Crippen molar-refractivity contribution in [2.75, 3.05) is 18.6 Å². The summed E-state index contributed by atoms with van der Waals surface area (Å²) in [6.07, 6.45) is 7.04. The van der Waals surface area contributed by atoms with E-state index in [0.29, 0.717) is 0 Å². The predicted octanol–water partition coefficient (Wildman–Crippen LogP) is 3.33. The maximum Gasteiger partial charge on any atom is 0.190 e. The molecular formula is C12H15N3S2. The average molecular weight is 265 g/mol. The Morgan fingerprint density at radius 1 is 1.24 bits per heavy atom. The molecule has 0 spiro atoms. The first-order valence-corrected chi connectivity index (χ1v) is 7.91. The van der Waals surface area contributed by atoms with Crippen molar-refractivity contribution in [1.82, 2.24) is 9.97 Å². The van der Waals surface area contributed by atoms with Gasteiger partial charge in [0.25, 0.3) is 0 Å². The lowest BCUT2D eigenvalue weighted by atomic mass is 9.97. The number of fused-ring (bicyclic) bond motifs is 3. The molecule has 0 aromatic carbocycles. The summed E-state index contributed by atoms with van der Waals surface area (Å²) in [6, 6.07) is 0. The molecule has 3 nitrogen and oxygen atoms in total. The van der Waals surface area contributed by atoms with Crippen LogP contribution < -0.4 is 5.32 Å². The molecule has 17 heavy (non-hydrogen) atoms. The van der Waals surface area contributed by atoms with Crippen LogP contribution in [-0.4, -0.2) is 23.3 Å². The number of nitrogens with one attached hydrogen (secondary N) is 1. The Kier molecular flexibility index (Phi) is 2.96. The van der Waals surface area contributed by atoms with Crippen molar-refractivity contribution in [2.24, 2.45) is 0 Å². The number of aryl methyl sites for hydroxylation is 2. The standard InChI is InChI=1S/C12H15N3S2/c1-13-10-9-7-5-3-4-6-8(7)17-11(9)15-12(14-10)16-2/h3-6H2,1-2H3,(H,13,14,15). The molecule has 0 radical (unpaired) electrons. The van der Waals surface area contributed by atoms with E-state index in [1.807, 2.05) is 24.6 Å². The second-order valence-corrected chi connectivity index (χ2v) is 6.06. The van der Waals surface area contributed by atoms with Gasteiger partial charge in [0.1, 0.15) is 10.6 Å². The monoisotopic (exact) mass is 265 g/mol. The molecular weight excluding hydrogens is 250 g/mol. The van der Waals surface area contributed by atoms with Gasteiger partial charge in [-0.15, -0.1) is 11.3 Å². The highest BCUT2D eigenvalue weighted by Crippen LogP contribution is 2.39. The van der Waals surface area contributed by atoms with E-state index in [9.17, 15) is 0 Å². The van der Waals surface area contributed by atoms with Gasteiger partial charge in [0.15, 0.2) is 5.16 Å². The van der Waals surface area contributed by atoms with Gasteiger partial charge in [-0.25, -0.2) is 9.97 Å². The van der Waals surface area contributed by atoms with Crippen molar-refractivity contribution in [3.05, 3.63) is 10.4 Å². The van der Waals surface area contributed by atoms with E-state index in [4.69, 9.17) is 0 Å². The number of rotatable bonds is 2. The molecule has 0 atom stereocenters. The SMILES string of the molecule is CNc1nc(SC)nc2sc3c(c12)CCCC3. The fourth-order valence-corrected chi connectivity index (χ4v) is 4.09. The van der Waals surface area contributed by atoms with E-state index >= 15 is 0 Å². The predicted molar refractivity (Wildman–Crippen MR) is 75.4 cm³/mol. The van der Waals surface area contributed by atoms with Crippen molar-refractivity contribution in [1.29, 1.82) is 0 Å². The Balaban J connectivity index is 2.29. The van der Waals surface area contributed by atoms with E-state index in [2.05, 4.69) is 15.3 Å². The fourth-order valence-electron chi connectivity index (χ4n) is 2.41. The van der Waals surface area contributed by atoms with Crippen LogP contribution in [0.4, 0.5) is 5.82 Å². The van der Waals surface area contributed by atoms with E-state index < -0.39 is 0 Å². The highest BCUT2D eigenvalue weighted by molar-refractivity contribution is 7.98. The van der Waals surface area contributed by atoms with Gasteiger partial charge in [0, 0.05) is 11.9 Å². The Morgan fingerprint density at radius 2 is 2.06 bits per heavy atom. The van der Waals surface area contributed by atoms with Gasteiger partial charge in [-0.3, -0.25) is 0 Å². The van der Waals surface area contributed by atoms with Gasteiger partial charge in [0.05, 0.1) is 5.39 Å². The second kappa shape index (κ2) is 4.46. The summed E-state index contributed by atoms with van der Waals surface area (Å²) in [4.78, 5) is 11.9. The van der Waals surface area contributed by atoms with Crippen LogP contribution in [0.3, 0.4) is 0 Å². The minimum absolute atomic E-state index is 0.862. The highest BCUT2D eigenvalue weighted by atomic mass is 32.2. The molecule has 2 heterocycles. The molecule has 90 valence electrons. The molecule has 0 aliphatic heterocycles. The zero-order chi connectivity index (χ0) is 11.8. The molecule has 0 saturated heterocycles. The van der Waals surface area contributed by atoms with Crippen molar-refractivity contribution in [3.63, 3.8) is 0 Å². The van der Waals surface area contributed by atoms with Gasteiger partial charge in [-0.2, -0.15) is 0 Å². The lowest BCUT2D eigenvalue weighted by Crippen LogP contribution is -2.01. The molecule has 1 N–H and O–H groups in total. The number of hydrogen-bond donors (Lipinski definition) is 1. The molecule has 0 bridgehead atoms. The lowest BCUT2D eigenvalue weighted by molar-refractivity contribution is 0.700. The van der Waals surface area contributed by atoms with Crippen molar-refractivity contribution < 1.29 is 0 Å². The van der Waals surface area contributed by atoms with Crippen LogP contribution in [0, 0.1) is 0 Å². The van der Waals surface area contributed by atoms with Gasteiger partial charge in [0.2, 0.25) is 0 Å². The lowest BCUT2D eigenvalue weighted by Gasteiger charge is -2.11. The Bertz CT molecular complexity index is 562. The van der Waals surface area contributed by atoms with Crippen molar-refractivity contribution in [2.45, 2.75) is 30.8 Å². The molecule has 2 aromatic heterocycles. The molecule has 0 unspecified atom stereocenters. The molecule has 0 fully saturated rings. The van der Waals surface area contributed by atoms with Crippen LogP contribution in [0.1, 0.15) is 23.3 Å². The van der Waals surface area contributed by atoms with Crippen LogP contribution in [0.15, 0.2) is 5.16 Å². The maximum atomic E-state index is 4.64. The average Bonchev–Trinajstić information content (AvgIpc) is 2.75. The fraction of sp³-hybridized carbons (Fsp3) is 0.500. The van der Waals surface area contributed by atoms with Gasteiger partial charge in [-0.1, -0.05) is 11.8 Å². The molecule has 5 heteroatoms. The molecule has 0 saturated carbocycles. The maximum absolute atomic E-state index is 4.64. The van der Waals surface area contributed by atoms with Gasteiger partial charge < -0.3 is 5.32 Å². The highest BCUT2D eigenvalue weighted by Gasteiger charge is 2.20. The third-order valence-electron chi connectivity index (χ3n) is 3.21. The number of thiophene rings is 1. The second-order valence-electron chi connectivity index (χ2n) is 4.20. The quantitative estimate of drug-likeness (QED) is 0.667. The summed E-state index contributed by atoms with van der Waals surface area (Å²) in [5, 5.41) is 5.35. The van der Waals surface area contributed by atoms with Crippen LogP contribution >= 0.6 is 23.1 Å². The molecule has 3 rings (SSSR count). The van der Waals surface area contributed by atoms with E-state index in [0.717, 1.165) is 15.8 Å². The molecule has 0 amide bonds. The zero-order valence-electron chi connectivity index (χ0n) is 10.0. The van der Waals surface area contributed by atoms with Crippen molar-refractivity contribution in [3.8, 4) is 0 Å². The van der Waals surface area contributed by atoms with Gasteiger partial charge >= 0.3 is 0 Å². The zero-order valence-corrected chi connectivity index (χ0v) is 11.7. The number of anilines is 1. The Hall–Kier alpha value is -0.810. The summed E-state index contributed by atoms with van der Waals surface area (Å²) in [5.41, 5.74) is 1.49. The summed E-state index contributed by atoms with van der Waals surface area (Å²) < 4.78 is 0. The topological polar surface area (TPSA) is 37.8 Å². The largest absolute Gasteiger partial charge is 0.372 e. The van der Waals surface area contributed by atoms with E-state index in [-0.39, 0.29) is 0 Å². The molecule has 1 aliphatic rings. The van der Waals surface area contributed by atoms with Crippen LogP contribution in [0.25, 0.3) is 10.2 Å². The van der Waals surface area contributed by atoms with Crippen molar-refractivity contribution >= 4 is 39.1 Å². The normalized spacial score (nSPS) is 14.9. The van der Waals surface area contributed by atoms with Crippen LogP contribution in [-0.2, 0) is 12.8 Å².